The van der Waals surface area contributed by atoms with Gasteiger partial charge in [-0.3, -0.25) is 9.48 Å². The SMILES string of the molecule is C[C@@H](Cc1ccccc1)NC(=O)c1cc(-c2ccc3ccccc3c2)nn1Cc1ccccc1. The highest BCUT2D eigenvalue weighted by Gasteiger charge is 2.19. The molecule has 0 aliphatic rings. The summed E-state index contributed by atoms with van der Waals surface area (Å²) in [5.74, 6) is -0.112. The average molecular weight is 446 g/mol. The molecule has 168 valence electrons. The van der Waals surface area contributed by atoms with Crippen molar-refractivity contribution in [1.29, 1.82) is 0 Å². The lowest BCUT2D eigenvalue weighted by atomic mass is 10.0. The van der Waals surface area contributed by atoms with Crippen molar-refractivity contribution in [3.8, 4) is 11.3 Å². The first-order chi connectivity index (χ1) is 16.7. The van der Waals surface area contributed by atoms with Crippen LogP contribution in [-0.4, -0.2) is 21.7 Å². The molecule has 0 saturated heterocycles. The largest absolute Gasteiger partial charge is 0.348 e. The molecular formula is C30H27N3O. The molecular weight excluding hydrogens is 418 g/mol. The number of benzene rings is 4. The van der Waals surface area contributed by atoms with Gasteiger partial charge in [-0.05, 0) is 47.4 Å². The Morgan fingerprint density at radius 3 is 2.18 bits per heavy atom. The van der Waals surface area contributed by atoms with Crippen LogP contribution in [0.1, 0.15) is 28.5 Å². The van der Waals surface area contributed by atoms with E-state index in [2.05, 4.69) is 59.9 Å². The van der Waals surface area contributed by atoms with Gasteiger partial charge in [0.25, 0.3) is 5.91 Å². The van der Waals surface area contributed by atoms with Crippen LogP contribution in [0.4, 0.5) is 0 Å². The summed E-state index contributed by atoms with van der Waals surface area (Å²) >= 11 is 0. The molecule has 1 aromatic heterocycles. The minimum absolute atomic E-state index is 0.000839. The monoisotopic (exact) mass is 445 g/mol. The molecule has 4 heteroatoms. The highest BCUT2D eigenvalue weighted by atomic mass is 16.2. The Kier molecular flexibility index (Phi) is 6.21. The third kappa shape index (κ3) is 4.91. The van der Waals surface area contributed by atoms with E-state index in [-0.39, 0.29) is 11.9 Å². The van der Waals surface area contributed by atoms with Crippen LogP contribution in [0.15, 0.2) is 109 Å². The average Bonchev–Trinajstić information content (AvgIpc) is 3.29. The molecule has 1 N–H and O–H groups in total. The summed E-state index contributed by atoms with van der Waals surface area (Å²) in [5, 5.41) is 10.4. The Hall–Kier alpha value is -4.18. The first-order valence-corrected chi connectivity index (χ1v) is 11.6. The summed E-state index contributed by atoms with van der Waals surface area (Å²) in [6, 6.07) is 36.8. The van der Waals surface area contributed by atoms with E-state index in [1.165, 1.54) is 10.9 Å². The van der Waals surface area contributed by atoms with E-state index in [0.29, 0.717) is 12.2 Å². The summed E-state index contributed by atoms with van der Waals surface area (Å²) in [7, 11) is 0. The van der Waals surface area contributed by atoms with Crippen molar-refractivity contribution in [3.05, 3.63) is 126 Å². The molecule has 0 aliphatic carbocycles. The predicted octanol–water partition coefficient (Wildman–Crippen LogP) is 6.11. The van der Waals surface area contributed by atoms with Crippen molar-refractivity contribution in [1.82, 2.24) is 15.1 Å². The fourth-order valence-corrected chi connectivity index (χ4v) is 4.28. The second kappa shape index (κ2) is 9.75. The maximum Gasteiger partial charge on any atom is 0.269 e. The zero-order valence-corrected chi connectivity index (χ0v) is 19.2. The Labute approximate surface area is 199 Å². The number of fused-ring (bicyclic) bond motifs is 1. The highest BCUT2D eigenvalue weighted by molar-refractivity contribution is 5.94. The second-order valence-corrected chi connectivity index (χ2v) is 8.68. The zero-order chi connectivity index (χ0) is 23.3. The molecule has 5 rings (SSSR count). The molecule has 4 aromatic carbocycles. The van der Waals surface area contributed by atoms with Crippen LogP contribution < -0.4 is 5.32 Å². The van der Waals surface area contributed by atoms with E-state index >= 15 is 0 Å². The third-order valence-corrected chi connectivity index (χ3v) is 6.00. The molecule has 5 aromatic rings. The van der Waals surface area contributed by atoms with Crippen LogP contribution in [0.3, 0.4) is 0 Å². The van der Waals surface area contributed by atoms with Crippen LogP contribution in [0, 0.1) is 0 Å². The number of aromatic nitrogens is 2. The van der Waals surface area contributed by atoms with Crippen molar-refractivity contribution in [2.45, 2.75) is 25.9 Å². The Bertz CT molecular complexity index is 1410. The first kappa shape index (κ1) is 21.7. The fraction of sp³-hybridized carbons (Fsp3) is 0.133. The zero-order valence-electron chi connectivity index (χ0n) is 19.2. The maximum absolute atomic E-state index is 13.3. The lowest BCUT2D eigenvalue weighted by Gasteiger charge is -2.15. The molecule has 0 fully saturated rings. The predicted molar refractivity (Wildman–Crippen MR) is 138 cm³/mol. The van der Waals surface area contributed by atoms with E-state index in [1.54, 1.807) is 0 Å². The van der Waals surface area contributed by atoms with Crippen molar-refractivity contribution < 1.29 is 4.79 Å². The Morgan fingerprint density at radius 2 is 1.44 bits per heavy atom. The van der Waals surface area contributed by atoms with Gasteiger partial charge in [-0.15, -0.1) is 0 Å². The van der Waals surface area contributed by atoms with E-state index in [4.69, 9.17) is 5.10 Å². The molecule has 1 amide bonds. The molecule has 1 heterocycles. The number of hydrogen-bond acceptors (Lipinski definition) is 2. The fourth-order valence-electron chi connectivity index (χ4n) is 4.28. The number of carbonyl (C=O) groups excluding carboxylic acids is 1. The van der Waals surface area contributed by atoms with Gasteiger partial charge in [-0.1, -0.05) is 97.1 Å². The van der Waals surface area contributed by atoms with Crippen LogP contribution >= 0.6 is 0 Å². The third-order valence-electron chi connectivity index (χ3n) is 6.00. The van der Waals surface area contributed by atoms with Crippen LogP contribution in [-0.2, 0) is 13.0 Å². The van der Waals surface area contributed by atoms with Crippen molar-refractivity contribution in [2.24, 2.45) is 0 Å². The Balaban J connectivity index is 1.45. The highest BCUT2D eigenvalue weighted by Crippen LogP contribution is 2.25. The number of nitrogens with one attached hydrogen (secondary N) is 1. The van der Waals surface area contributed by atoms with Gasteiger partial charge < -0.3 is 5.32 Å². The van der Waals surface area contributed by atoms with E-state index in [9.17, 15) is 4.79 Å². The molecule has 4 nitrogen and oxygen atoms in total. The minimum Gasteiger partial charge on any atom is -0.348 e. The van der Waals surface area contributed by atoms with E-state index in [1.807, 2.05) is 66.2 Å². The number of rotatable bonds is 7. The summed E-state index contributed by atoms with van der Waals surface area (Å²) in [6.07, 6.45) is 0.775. The molecule has 0 aliphatic heterocycles. The second-order valence-electron chi connectivity index (χ2n) is 8.68. The minimum atomic E-state index is -0.112. The molecule has 0 spiro atoms. The number of carbonyl (C=O) groups is 1. The maximum atomic E-state index is 13.3. The number of nitrogens with zero attached hydrogens (tertiary/aromatic N) is 2. The number of amides is 1. The van der Waals surface area contributed by atoms with Crippen LogP contribution in [0.25, 0.3) is 22.0 Å². The van der Waals surface area contributed by atoms with Crippen LogP contribution in [0.5, 0.6) is 0 Å². The first-order valence-electron chi connectivity index (χ1n) is 11.6. The lowest BCUT2D eigenvalue weighted by Crippen LogP contribution is -2.35. The summed E-state index contributed by atoms with van der Waals surface area (Å²) < 4.78 is 1.81. The standard InChI is InChI=1S/C30H27N3O/c1-22(18-23-10-4-2-5-11-23)31-30(34)29-20-28(32-33(29)21-24-12-6-3-7-13-24)27-17-16-25-14-8-9-15-26(25)19-27/h2-17,19-20,22H,18,21H2,1H3,(H,31,34)/t22-/m0/s1. The van der Waals surface area contributed by atoms with E-state index < -0.39 is 0 Å². The van der Waals surface area contributed by atoms with Crippen molar-refractivity contribution in [2.75, 3.05) is 0 Å². The van der Waals surface area contributed by atoms with Gasteiger partial charge in [0.1, 0.15) is 5.69 Å². The van der Waals surface area contributed by atoms with Gasteiger partial charge in [0.05, 0.1) is 12.2 Å². The normalized spacial score (nSPS) is 11.9. The van der Waals surface area contributed by atoms with E-state index in [0.717, 1.165) is 28.6 Å². The quantitative estimate of drug-likeness (QED) is 0.328. The molecule has 0 saturated carbocycles. The van der Waals surface area contributed by atoms with Gasteiger partial charge in [-0.25, -0.2) is 0 Å². The van der Waals surface area contributed by atoms with Gasteiger partial charge in [0.2, 0.25) is 0 Å². The summed E-state index contributed by atoms with van der Waals surface area (Å²) in [4.78, 5) is 13.3. The Morgan fingerprint density at radius 1 is 0.794 bits per heavy atom. The van der Waals surface area contributed by atoms with Crippen molar-refractivity contribution in [3.63, 3.8) is 0 Å². The molecule has 0 bridgehead atoms. The lowest BCUT2D eigenvalue weighted by molar-refractivity contribution is 0.0929. The molecule has 0 unspecified atom stereocenters. The van der Waals surface area contributed by atoms with Crippen LogP contribution in [0.2, 0.25) is 0 Å². The summed E-state index contributed by atoms with van der Waals surface area (Å²) in [5.41, 5.74) is 4.65. The van der Waals surface area contributed by atoms with Gasteiger partial charge in [0, 0.05) is 11.6 Å². The van der Waals surface area contributed by atoms with Gasteiger partial charge in [0.15, 0.2) is 0 Å². The van der Waals surface area contributed by atoms with Gasteiger partial charge in [-0.2, -0.15) is 5.10 Å². The smallest absolute Gasteiger partial charge is 0.269 e. The topological polar surface area (TPSA) is 46.9 Å². The van der Waals surface area contributed by atoms with Crippen molar-refractivity contribution >= 4 is 16.7 Å². The summed E-state index contributed by atoms with van der Waals surface area (Å²) in [6.45, 7) is 2.57. The molecule has 0 radical (unpaired) electrons. The molecule has 1 atom stereocenters. The number of hydrogen-bond donors (Lipinski definition) is 1. The van der Waals surface area contributed by atoms with Gasteiger partial charge >= 0.3 is 0 Å². The molecule has 34 heavy (non-hydrogen) atoms.